The van der Waals surface area contributed by atoms with Crippen molar-refractivity contribution in [1.29, 1.82) is 0 Å². The van der Waals surface area contributed by atoms with Gasteiger partial charge in [-0.25, -0.2) is 0 Å². The Morgan fingerprint density at radius 3 is 2.52 bits per heavy atom. The van der Waals surface area contributed by atoms with Gasteiger partial charge in [-0.1, -0.05) is 45.8 Å². The average molecular weight is 397 g/mol. The molecule has 1 fully saturated rings. The number of hydrogen-bond donors (Lipinski definition) is 1. The molecule has 2 nitrogen and oxygen atoms in total. The standard InChI is InChI=1S/C25H34O2.C2H6/c1-14-9-10-18-17(11-14)22-20(27-25(18,4)5)13-19-21(23(22)26)15-7-6-8-16(12-15)24(19,2)3;1-2/h9,13,15-18,26H,6-8,10-12H2,1-5H3;1-2H3/t15?,16?,17-,18-;/m1./s1. The Morgan fingerprint density at radius 1 is 1.07 bits per heavy atom. The van der Waals surface area contributed by atoms with E-state index < -0.39 is 0 Å². The molecule has 4 aliphatic rings. The number of hydrogen-bond acceptors (Lipinski definition) is 2. The van der Waals surface area contributed by atoms with E-state index in [1.54, 1.807) is 0 Å². The van der Waals surface area contributed by atoms with Crippen LogP contribution in [-0.4, -0.2) is 10.7 Å². The predicted molar refractivity (Wildman–Crippen MR) is 121 cm³/mol. The molecule has 1 aliphatic heterocycles. The molecule has 1 saturated carbocycles. The molecule has 2 unspecified atom stereocenters. The molecule has 1 aromatic carbocycles. The summed E-state index contributed by atoms with van der Waals surface area (Å²) < 4.78 is 6.60. The number of rotatable bonds is 0. The van der Waals surface area contributed by atoms with E-state index in [9.17, 15) is 5.11 Å². The number of ether oxygens (including phenoxy) is 1. The first-order valence-electron chi connectivity index (χ1n) is 11.9. The normalized spacial score (nSPS) is 33.0. The summed E-state index contributed by atoms with van der Waals surface area (Å²) in [5.41, 5.74) is 5.12. The molecule has 2 bridgehead atoms. The maximum atomic E-state index is 11.6. The number of allylic oxidation sites excluding steroid dienone is 2. The Morgan fingerprint density at radius 2 is 1.79 bits per heavy atom. The van der Waals surface area contributed by atoms with Gasteiger partial charge in [-0.05, 0) is 81.8 Å². The van der Waals surface area contributed by atoms with Gasteiger partial charge in [0.1, 0.15) is 17.1 Å². The van der Waals surface area contributed by atoms with Gasteiger partial charge < -0.3 is 9.84 Å². The minimum absolute atomic E-state index is 0.117. The lowest BCUT2D eigenvalue weighted by atomic mass is 9.56. The van der Waals surface area contributed by atoms with Gasteiger partial charge in [-0.3, -0.25) is 0 Å². The van der Waals surface area contributed by atoms with Gasteiger partial charge in [0.25, 0.3) is 0 Å². The molecule has 5 rings (SSSR count). The summed E-state index contributed by atoms with van der Waals surface area (Å²) in [6.45, 7) is 15.5. The number of phenols is 1. The number of phenolic OH excluding ortho intramolecular Hbond substituents is 1. The van der Waals surface area contributed by atoms with Crippen LogP contribution in [0.25, 0.3) is 0 Å². The number of fused-ring (bicyclic) bond motifs is 7. The zero-order valence-electron chi connectivity index (χ0n) is 19.6. The van der Waals surface area contributed by atoms with Crippen molar-refractivity contribution in [2.45, 2.75) is 110 Å². The van der Waals surface area contributed by atoms with Gasteiger partial charge >= 0.3 is 0 Å². The molecule has 1 aromatic rings. The van der Waals surface area contributed by atoms with Crippen molar-refractivity contribution in [1.82, 2.24) is 0 Å². The molecular weight excluding hydrogens is 356 g/mol. The summed E-state index contributed by atoms with van der Waals surface area (Å²) >= 11 is 0. The zero-order valence-corrected chi connectivity index (χ0v) is 19.6. The Balaban J connectivity index is 0.000000994. The molecule has 0 radical (unpaired) electrons. The summed E-state index contributed by atoms with van der Waals surface area (Å²) in [4.78, 5) is 0. The van der Waals surface area contributed by atoms with E-state index in [0.717, 1.165) is 30.1 Å². The summed E-state index contributed by atoms with van der Waals surface area (Å²) in [6.07, 6.45) is 9.57. The van der Waals surface area contributed by atoms with Crippen LogP contribution in [0.15, 0.2) is 17.7 Å². The third-order valence-corrected chi connectivity index (χ3v) is 8.52. The molecule has 4 atom stereocenters. The van der Waals surface area contributed by atoms with Gasteiger partial charge in [-0.15, -0.1) is 0 Å². The average Bonchev–Trinajstić information content (AvgIpc) is 2.67. The Kier molecular flexibility index (Phi) is 5.07. The Bertz CT molecular complexity index is 829. The van der Waals surface area contributed by atoms with Crippen LogP contribution in [0, 0.1) is 11.8 Å². The van der Waals surface area contributed by atoms with Crippen LogP contribution >= 0.6 is 0 Å². The first kappa shape index (κ1) is 20.8. The smallest absolute Gasteiger partial charge is 0.127 e. The van der Waals surface area contributed by atoms with Crippen LogP contribution in [0.1, 0.15) is 116 Å². The maximum Gasteiger partial charge on any atom is 0.127 e. The van der Waals surface area contributed by atoms with Crippen molar-refractivity contribution in [2.75, 3.05) is 0 Å². The molecule has 0 spiro atoms. The lowest BCUT2D eigenvalue weighted by molar-refractivity contribution is 0.00696. The van der Waals surface area contributed by atoms with Crippen molar-refractivity contribution in [3.8, 4) is 11.5 Å². The van der Waals surface area contributed by atoms with Crippen molar-refractivity contribution in [3.05, 3.63) is 34.4 Å². The fraction of sp³-hybridized carbons (Fsp3) is 0.704. The van der Waals surface area contributed by atoms with E-state index in [1.807, 2.05) is 13.8 Å². The molecule has 1 heterocycles. The lowest BCUT2D eigenvalue weighted by Crippen LogP contribution is -2.46. The second-order valence-electron chi connectivity index (χ2n) is 10.8. The van der Waals surface area contributed by atoms with E-state index in [-0.39, 0.29) is 11.0 Å². The van der Waals surface area contributed by atoms with Crippen LogP contribution in [-0.2, 0) is 5.41 Å². The highest BCUT2D eigenvalue weighted by atomic mass is 16.5. The monoisotopic (exact) mass is 396 g/mol. The van der Waals surface area contributed by atoms with Gasteiger partial charge in [0.2, 0.25) is 0 Å². The minimum atomic E-state index is -0.190. The van der Waals surface area contributed by atoms with Crippen molar-refractivity contribution < 1.29 is 9.84 Å². The topological polar surface area (TPSA) is 29.5 Å². The Hall–Kier alpha value is -1.44. The fourth-order valence-electron chi connectivity index (χ4n) is 6.89. The molecule has 0 aromatic heterocycles. The predicted octanol–water partition coefficient (Wildman–Crippen LogP) is 7.59. The van der Waals surface area contributed by atoms with Gasteiger partial charge in [0.05, 0.1) is 0 Å². The quantitative estimate of drug-likeness (QED) is 0.458. The van der Waals surface area contributed by atoms with E-state index >= 15 is 0 Å². The van der Waals surface area contributed by atoms with Gasteiger partial charge in [0.15, 0.2) is 0 Å². The molecule has 0 amide bonds. The minimum Gasteiger partial charge on any atom is -0.507 e. The molecule has 2 heteroatoms. The molecular formula is C27H40O2. The zero-order chi connectivity index (χ0) is 21.1. The fourth-order valence-corrected chi connectivity index (χ4v) is 6.89. The van der Waals surface area contributed by atoms with E-state index in [1.165, 1.54) is 42.4 Å². The van der Waals surface area contributed by atoms with Gasteiger partial charge in [-0.2, -0.15) is 0 Å². The van der Waals surface area contributed by atoms with E-state index in [2.05, 4.69) is 46.8 Å². The summed E-state index contributed by atoms with van der Waals surface area (Å²) in [7, 11) is 0. The second-order valence-corrected chi connectivity index (χ2v) is 10.8. The number of benzene rings is 1. The highest BCUT2D eigenvalue weighted by molar-refractivity contribution is 5.61. The molecule has 1 N–H and O–H groups in total. The first-order valence-corrected chi connectivity index (χ1v) is 11.9. The largest absolute Gasteiger partial charge is 0.507 e. The maximum absolute atomic E-state index is 11.6. The third-order valence-electron chi connectivity index (χ3n) is 8.52. The third kappa shape index (κ3) is 3.04. The van der Waals surface area contributed by atoms with Crippen molar-refractivity contribution in [2.24, 2.45) is 11.8 Å². The second kappa shape index (κ2) is 7.06. The van der Waals surface area contributed by atoms with E-state index in [0.29, 0.717) is 23.5 Å². The highest BCUT2D eigenvalue weighted by Gasteiger charge is 2.50. The number of aromatic hydroxyl groups is 1. The molecule has 160 valence electrons. The highest BCUT2D eigenvalue weighted by Crippen LogP contribution is 2.61. The van der Waals surface area contributed by atoms with E-state index in [4.69, 9.17) is 4.74 Å². The summed E-state index contributed by atoms with van der Waals surface area (Å²) in [6, 6.07) is 2.33. The molecule has 0 saturated heterocycles. The summed E-state index contributed by atoms with van der Waals surface area (Å²) in [5.74, 6) is 3.62. The van der Waals surface area contributed by atoms with Crippen LogP contribution in [0.5, 0.6) is 11.5 Å². The van der Waals surface area contributed by atoms with Crippen LogP contribution in [0.3, 0.4) is 0 Å². The van der Waals surface area contributed by atoms with Crippen LogP contribution in [0.2, 0.25) is 0 Å². The van der Waals surface area contributed by atoms with Crippen LogP contribution in [0.4, 0.5) is 0 Å². The van der Waals surface area contributed by atoms with Gasteiger partial charge in [0, 0.05) is 23.0 Å². The van der Waals surface area contributed by atoms with Crippen molar-refractivity contribution in [3.63, 3.8) is 0 Å². The van der Waals surface area contributed by atoms with Crippen LogP contribution < -0.4 is 4.74 Å². The lowest BCUT2D eigenvalue weighted by Gasteiger charge is -2.51. The first-order chi connectivity index (χ1) is 13.7. The summed E-state index contributed by atoms with van der Waals surface area (Å²) in [5, 5.41) is 11.6. The van der Waals surface area contributed by atoms with Crippen molar-refractivity contribution >= 4 is 0 Å². The SMILES string of the molecule is CC.CC1=CC[C@@H]2[C@@H](C1)c1c(cc3c(c1O)C1CCCC(C1)C3(C)C)OC2(C)C. The Labute approximate surface area is 177 Å². The molecule has 3 aliphatic carbocycles. The molecule has 29 heavy (non-hydrogen) atoms.